The average molecular weight is 323 g/mol. The molecule has 0 spiro atoms. The zero-order chi connectivity index (χ0) is 16.9. The Kier molecular flexibility index (Phi) is 4.89. The Bertz CT molecular complexity index is 730. The maximum atomic E-state index is 12.6. The first kappa shape index (κ1) is 16.2. The molecule has 1 aromatic heterocycles. The Balaban J connectivity index is 1.61. The van der Waals surface area contributed by atoms with E-state index in [4.69, 9.17) is 0 Å². The Morgan fingerprint density at radius 1 is 1.17 bits per heavy atom. The second kappa shape index (κ2) is 7.25. The van der Waals surface area contributed by atoms with Gasteiger partial charge in [0, 0.05) is 38.3 Å². The Hall–Kier alpha value is -2.69. The van der Waals surface area contributed by atoms with Gasteiger partial charge in [-0.25, -0.2) is 0 Å². The molecule has 0 saturated carbocycles. The molecule has 5 nitrogen and oxygen atoms in total. The molecular weight excluding hydrogens is 302 g/mol. The van der Waals surface area contributed by atoms with Crippen molar-refractivity contribution in [2.45, 2.75) is 26.3 Å². The van der Waals surface area contributed by atoms with Gasteiger partial charge in [-0.15, -0.1) is 0 Å². The van der Waals surface area contributed by atoms with Crippen molar-refractivity contribution in [3.05, 3.63) is 59.9 Å². The van der Waals surface area contributed by atoms with Crippen LogP contribution < -0.4 is 4.90 Å². The molecule has 0 aliphatic carbocycles. The number of para-hydroxylation sites is 1. The number of hydrogen-bond acceptors (Lipinski definition) is 3. The highest BCUT2D eigenvalue weighted by molar-refractivity contribution is 5.95. The molecule has 0 radical (unpaired) electrons. The third kappa shape index (κ3) is 3.62. The number of anilines is 1. The van der Waals surface area contributed by atoms with Gasteiger partial charge in [-0.1, -0.05) is 24.3 Å². The SMILES string of the molecule is CC(=O)N(CCC(=O)N1CCc2ccccc21)Cc1ccccn1. The summed E-state index contributed by atoms with van der Waals surface area (Å²) in [6.45, 7) is 3.08. The minimum atomic E-state index is -0.0460. The van der Waals surface area contributed by atoms with Crippen molar-refractivity contribution in [1.82, 2.24) is 9.88 Å². The van der Waals surface area contributed by atoms with E-state index in [2.05, 4.69) is 11.1 Å². The number of amides is 2. The molecule has 2 heterocycles. The quantitative estimate of drug-likeness (QED) is 0.849. The summed E-state index contributed by atoms with van der Waals surface area (Å²) in [6.07, 6.45) is 2.92. The molecule has 2 amide bonds. The van der Waals surface area contributed by atoms with E-state index in [0.717, 1.165) is 24.3 Å². The van der Waals surface area contributed by atoms with Crippen LogP contribution in [-0.2, 0) is 22.6 Å². The van der Waals surface area contributed by atoms with E-state index >= 15 is 0 Å². The van der Waals surface area contributed by atoms with Gasteiger partial charge in [0.2, 0.25) is 11.8 Å². The molecule has 0 atom stereocenters. The molecule has 0 fully saturated rings. The average Bonchev–Trinajstić information content (AvgIpc) is 3.03. The molecule has 1 aliphatic rings. The van der Waals surface area contributed by atoms with E-state index in [-0.39, 0.29) is 11.8 Å². The summed E-state index contributed by atoms with van der Waals surface area (Å²) in [5, 5.41) is 0. The van der Waals surface area contributed by atoms with E-state index in [1.165, 1.54) is 12.5 Å². The van der Waals surface area contributed by atoms with Crippen LogP contribution in [0.3, 0.4) is 0 Å². The number of hydrogen-bond donors (Lipinski definition) is 0. The summed E-state index contributed by atoms with van der Waals surface area (Å²) >= 11 is 0. The van der Waals surface area contributed by atoms with E-state index in [9.17, 15) is 9.59 Å². The molecule has 3 rings (SSSR count). The Labute approximate surface area is 141 Å². The number of nitrogens with zero attached hydrogens (tertiary/aromatic N) is 3. The molecule has 1 aliphatic heterocycles. The maximum absolute atomic E-state index is 12.6. The fraction of sp³-hybridized carbons (Fsp3) is 0.316. The zero-order valence-corrected chi connectivity index (χ0v) is 13.8. The van der Waals surface area contributed by atoms with Gasteiger partial charge in [0.15, 0.2) is 0 Å². The smallest absolute Gasteiger partial charge is 0.228 e. The fourth-order valence-corrected chi connectivity index (χ4v) is 3.00. The third-order valence-electron chi connectivity index (χ3n) is 4.31. The number of fused-ring (bicyclic) bond motifs is 1. The van der Waals surface area contributed by atoms with Gasteiger partial charge in [-0.3, -0.25) is 14.6 Å². The number of carbonyl (C=O) groups is 2. The summed E-state index contributed by atoms with van der Waals surface area (Å²) in [6, 6.07) is 13.6. The second-order valence-corrected chi connectivity index (χ2v) is 5.94. The number of benzene rings is 1. The number of carbonyl (C=O) groups excluding carboxylic acids is 2. The Morgan fingerprint density at radius 2 is 1.96 bits per heavy atom. The summed E-state index contributed by atoms with van der Waals surface area (Å²) in [4.78, 5) is 32.2. The monoisotopic (exact) mass is 323 g/mol. The van der Waals surface area contributed by atoms with E-state index in [1.807, 2.05) is 41.3 Å². The Morgan fingerprint density at radius 3 is 2.71 bits per heavy atom. The predicted octanol–water partition coefficient (Wildman–Crippen LogP) is 2.41. The van der Waals surface area contributed by atoms with Gasteiger partial charge in [-0.05, 0) is 30.2 Å². The standard InChI is InChI=1S/C19H21N3O2/c1-15(23)21(14-17-7-4-5-11-20-17)12-10-19(24)22-13-9-16-6-2-3-8-18(16)22/h2-8,11H,9-10,12-14H2,1H3. The lowest BCUT2D eigenvalue weighted by Crippen LogP contribution is -2.35. The van der Waals surface area contributed by atoms with Crippen LogP contribution in [0.4, 0.5) is 5.69 Å². The van der Waals surface area contributed by atoms with Gasteiger partial charge < -0.3 is 9.80 Å². The zero-order valence-electron chi connectivity index (χ0n) is 13.8. The van der Waals surface area contributed by atoms with Gasteiger partial charge in [0.25, 0.3) is 0 Å². The van der Waals surface area contributed by atoms with Crippen molar-refractivity contribution >= 4 is 17.5 Å². The van der Waals surface area contributed by atoms with Crippen LogP contribution in [0.15, 0.2) is 48.7 Å². The molecule has 2 aromatic rings. The van der Waals surface area contributed by atoms with Gasteiger partial charge in [0.05, 0.1) is 12.2 Å². The van der Waals surface area contributed by atoms with Crippen LogP contribution in [-0.4, -0.2) is 34.8 Å². The highest BCUT2D eigenvalue weighted by Gasteiger charge is 2.24. The first-order valence-electron chi connectivity index (χ1n) is 8.19. The molecule has 0 saturated heterocycles. The van der Waals surface area contributed by atoms with Crippen LogP contribution in [0.2, 0.25) is 0 Å². The van der Waals surface area contributed by atoms with Crippen LogP contribution in [0.1, 0.15) is 24.6 Å². The van der Waals surface area contributed by atoms with Crippen LogP contribution in [0.5, 0.6) is 0 Å². The minimum Gasteiger partial charge on any atom is -0.337 e. The number of pyridine rings is 1. The normalized spacial score (nSPS) is 12.8. The van der Waals surface area contributed by atoms with Crippen molar-refractivity contribution in [2.75, 3.05) is 18.0 Å². The lowest BCUT2D eigenvalue weighted by molar-refractivity contribution is -0.130. The van der Waals surface area contributed by atoms with Crippen molar-refractivity contribution in [3.63, 3.8) is 0 Å². The predicted molar refractivity (Wildman–Crippen MR) is 92.4 cm³/mol. The summed E-state index contributed by atoms with van der Waals surface area (Å²) in [7, 11) is 0. The van der Waals surface area contributed by atoms with Crippen molar-refractivity contribution in [1.29, 1.82) is 0 Å². The van der Waals surface area contributed by atoms with Gasteiger partial charge >= 0.3 is 0 Å². The van der Waals surface area contributed by atoms with Crippen LogP contribution in [0.25, 0.3) is 0 Å². The number of aromatic nitrogens is 1. The molecule has 0 unspecified atom stereocenters. The fourth-order valence-electron chi connectivity index (χ4n) is 3.00. The summed E-state index contributed by atoms with van der Waals surface area (Å²) < 4.78 is 0. The van der Waals surface area contributed by atoms with Crippen LogP contribution in [0, 0.1) is 0 Å². The molecular formula is C19H21N3O2. The van der Waals surface area contributed by atoms with Gasteiger partial charge in [0.1, 0.15) is 0 Å². The summed E-state index contributed by atoms with van der Waals surface area (Å²) in [5.41, 5.74) is 3.04. The number of rotatable bonds is 5. The minimum absolute atomic E-state index is 0.0460. The van der Waals surface area contributed by atoms with Crippen LogP contribution >= 0.6 is 0 Å². The van der Waals surface area contributed by atoms with E-state index < -0.39 is 0 Å². The molecule has 0 bridgehead atoms. The van der Waals surface area contributed by atoms with Crippen molar-refractivity contribution < 1.29 is 9.59 Å². The van der Waals surface area contributed by atoms with E-state index in [0.29, 0.717) is 19.5 Å². The molecule has 0 N–H and O–H groups in total. The van der Waals surface area contributed by atoms with Crippen molar-refractivity contribution in [3.8, 4) is 0 Å². The topological polar surface area (TPSA) is 53.5 Å². The second-order valence-electron chi connectivity index (χ2n) is 5.94. The molecule has 24 heavy (non-hydrogen) atoms. The highest BCUT2D eigenvalue weighted by Crippen LogP contribution is 2.27. The lowest BCUT2D eigenvalue weighted by atomic mass is 10.2. The largest absolute Gasteiger partial charge is 0.337 e. The highest BCUT2D eigenvalue weighted by atomic mass is 16.2. The third-order valence-corrected chi connectivity index (χ3v) is 4.31. The lowest BCUT2D eigenvalue weighted by Gasteiger charge is -2.23. The maximum Gasteiger partial charge on any atom is 0.228 e. The molecule has 1 aromatic carbocycles. The summed E-state index contributed by atoms with van der Waals surface area (Å²) in [5.74, 6) is 0.0162. The van der Waals surface area contributed by atoms with Gasteiger partial charge in [-0.2, -0.15) is 0 Å². The van der Waals surface area contributed by atoms with E-state index in [1.54, 1.807) is 11.1 Å². The molecule has 5 heteroatoms. The van der Waals surface area contributed by atoms with Crippen molar-refractivity contribution in [2.24, 2.45) is 0 Å². The molecule has 124 valence electrons. The first-order valence-corrected chi connectivity index (χ1v) is 8.19. The first-order chi connectivity index (χ1) is 11.6.